The molecule has 0 fully saturated rings. The average molecular weight is 244 g/mol. The topological polar surface area (TPSA) is 71.3 Å². The SMILES string of the molecule is C#CCNC(=O)COc1cc(C#N)cc(OC)c1. The van der Waals surface area contributed by atoms with Gasteiger partial charge in [0.1, 0.15) is 11.5 Å². The third-order valence-electron chi connectivity index (χ3n) is 2.00. The number of benzene rings is 1. The summed E-state index contributed by atoms with van der Waals surface area (Å²) in [5, 5.41) is 11.3. The predicted octanol–water partition coefficient (Wildman–Crippen LogP) is 0.695. The monoisotopic (exact) mass is 244 g/mol. The van der Waals surface area contributed by atoms with Gasteiger partial charge in [-0.05, 0) is 12.1 Å². The van der Waals surface area contributed by atoms with Gasteiger partial charge in [0.15, 0.2) is 6.61 Å². The van der Waals surface area contributed by atoms with Crippen molar-refractivity contribution in [2.75, 3.05) is 20.3 Å². The minimum atomic E-state index is -0.325. The fourth-order valence-corrected chi connectivity index (χ4v) is 1.19. The standard InChI is InChI=1S/C13H12N2O3/c1-3-4-15-13(16)9-18-12-6-10(8-14)5-11(7-12)17-2/h1,5-7H,4,9H2,2H3,(H,15,16). The third-order valence-corrected chi connectivity index (χ3v) is 2.00. The lowest BCUT2D eigenvalue weighted by atomic mass is 10.2. The number of rotatable bonds is 5. The van der Waals surface area contributed by atoms with Crippen LogP contribution >= 0.6 is 0 Å². The second kappa shape index (κ2) is 6.82. The van der Waals surface area contributed by atoms with Crippen LogP contribution in [-0.4, -0.2) is 26.2 Å². The summed E-state index contributed by atoms with van der Waals surface area (Å²) in [7, 11) is 1.49. The summed E-state index contributed by atoms with van der Waals surface area (Å²) in [5.41, 5.74) is 0.397. The molecule has 0 atom stereocenters. The lowest BCUT2D eigenvalue weighted by molar-refractivity contribution is -0.122. The number of nitrogens with one attached hydrogen (secondary N) is 1. The van der Waals surface area contributed by atoms with Crippen LogP contribution in [0.4, 0.5) is 0 Å². The lowest BCUT2D eigenvalue weighted by Crippen LogP contribution is -2.29. The Bertz CT molecular complexity index is 512. The predicted molar refractivity (Wildman–Crippen MR) is 65.0 cm³/mol. The van der Waals surface area contributed by atoms with E-state index in [1.54, 1.807) is 12.1 Å². The largest absolute Gasteiger partial charge is 0.497 e. The van der Waals surface area contributed by atoms with Crippen molar-refractivity contribution in [3.63, 3.8) is 0 Å². The molecule has 5 nitrogen and oxygen atoms in total. The Kier molecular flexibility index (Phi) is 5.08. The van der Waals surface area contributed by atoms with E-state index in [0.717, 1.165) is 0 Å². The fourth-order valence-electron chi connectivity index (χ4n) is 1.19. The van der Waals surface area contributed by atoms with E-state index in [-0.39, 0.29) is 19.1 Å². The number of ether oxygens (including phenoxy) is 2. The van der Waals surface area contributed by atoms with Crippen LogP contribution in [0, 0.1) is 23.7 Å². The number of hydrogen-bond acceptors (Lipinski definition) is 4. The van der Waals surface area contributed by atoms with Crippen molar-refractivity contribution in [1.29, 1.82) is 5.26 Å². The number of hydrogen-bond donors (Lipinski definition) is 1. The third kappa shape index (κ3) is 4.07. The minimum absolute atomic E-state index is 0.156. The quantitative estimate of drug-likeness (QED) is 0.774. The smallest absolute Gasteiger partial charge is 0.258 e. The molecule has 0 aliphatic rings. The first-order valence-electron chi connectivity index (χ1n) is 5.11. The van der Waals surface area contributed by atoms with Crippen molar-refractivity contribution < 1.29 is 14.3 Å². The summed E-state index contributed by atoms with van der Waals surface area (Å²) >= 11 is 0. The minimum Gasteiger partial charge on any atom is -0.497 e. The van der Waals surface area contributed by atoms with Crippen LogP contribution < -0.4 is 14.8 Å². The highest BCUT2D eigenvalue weighted by molar-refractivity contribution is 5.77. The number of carbonyl (C=O) groups is 1. The fraction of sp³-hybridized carbons (Fsp3) is 0.231. The van der Waals surface area contributed by atoms with Crippen LogP contribution in [0.15, 0.2) is 18.2 Å². The lowest BCUT2D eigenvalue weighted by Gasteiger charge is -2.08. The molecule has 0 bridgehead atoms. The second-order valence-electron chi connectivity index (χ2n) is 3.28. The first-order chi connectivity index (χ1) is 8.69. The molecule has 0 saturated heterocycles. The van der Waals surface area contributed by atoms with Gasteiger partial charge in [0, 0.05) is 6.07 Å². The Morgan fingerprint density at radius 1 is 1.44 bits per heavy atom. The van der Waals surface area contributed by atoms with Gasteiger partial charge < -0.3 is 14.8 Å². The van der Waals surface area contributed by atoms with Crippen molar-refractivity contribution in [1.82, 2.24) is 5.32 Å². The highest BCUT2D eigenvalue weighted by atomic mass is 16.5. The molecule has 1 aromatic carbocycles. The summed E-state index contributed by atoms with van der Waals surface area (Å²) in [4.78, 5) is 11.3. The van der Waals surface area contributed by atoms with Crippen LogP contribution in [0.3, 0.4) is 0 Å². The molecule has 0 saturated carbocycles. The highest BCUT2D eigenvalue weighted by Crippen LogP contribution is 2.22. The number of nitrogens with zero attached hydrogens (tertiary/aromatic N) is 1. The number of carbonyl (C=O) groups excluding carboxylic acids is 1. The summed E-state index contributed by atoms with van der Waals surface area (Å²) in [5.74, 6) is 2.84. The Balaban J connectivity index is 2.65. The van der Waals surface area contributed by atoms with Crippen LogP contribution in [0.2, 0.25) is 0 Å². The van der Waals surface area contributed by atoms with E-state index in [2.05, 4.69) is 11.2 Å². The maximum atomic E-state index is 11.3. The van der Waals surface area contributed by atoms with E-state index in [1.807, 2.05) is 6.07 Å². The molecule has 0 unspecified atom stereocenters. The van der Waals surface area contributed by atoms with Crippen LogP contribution in [-0.2, 0) is 4.79 Å². The summed E-state index contributed by atoms with van der Waals surface area (Å²) in [6, 6.07) is 6.67. The zero-order valence-corrected chi connectivity index (χ0v) is 9.90. The van der Waals surface area contributed by atoms with E-state index in [9.17, 15) is 4.79 Å². The molecule has 0 spiro atoms. The molecule has 18 heavy (non-hydrogen) atoms. The van der Waals surface area contributed by atoms with E-state index < -0.39 is 0 Å². The van der Waals surface area contributed by atoms with Gasteiger partial charge in [-0.1, -0.05) is 5.92 Å². The Morgan fingerprint density at radius 3 is 2.78 bits per heavy atom. The van der Waals surface area contributed by atoms with Gasteiger partial charge in [-0.3, -0.25) is 4.79 Å². The number of amides is 1. The molecule has 0 radical (unpaired) electrons. The molecule has 1 aromatic rings. The van der Waals surface area contributed by atoms with E-state index in [0.29, 0.717) is 17.1 Å². The molecule has 0 aliphatic carbocycles. The maximum Gasteiger partial charge on any atom is 0.258 e. The summed E-state index contributed by atoms with van der Waals surface area (Å²) < 4.78 is 10.2. The zero-order valence-electron chi connectivity index (χ0n) is 9.90. The normalized spacial score (nSPS) is 8.83. The van der Waals surface area contributed by atoms with Crippen molar-refractivity contribution in [3.05, 3.63) is 23.8 Å². The van der Waals surface area contributed by atoms with E-state index >= 15 is 0 Å². The maximum absolute atomic E-state index is 11.3. The van der Waals surface area contributed by atoms with Crippen LogP contribution in [0.25, 0.3) is 0 Å². The number of nitriles is 1. The van der Waals surface area contributed by atoms with E-state index in [4.69, 9.17) is 21.2 Å². The van der Waals surface area contributed by atoms with Crippen LogP contribution in [0.5, 0.6) is 11.5 Å². The summed E-state index contributed by atoms with van der Waals surface area (Å²) in [6.45, 7) is -0.0105. The molecule has 0 aromatic heterocycles. The van der Waals surface area contributed by atoms with Gasteiger partial charge in [-0.2, -0.15) is 5.26 Å². The Hall–Kier alpha value is -2.66. The Labute approximate surface area is 105 Å². The molecule has 0 heterocycles. The first kappa shape index (κ1) is 13.4. The first-order valence-corrected chi connectivity index (χ1v) is 5.11. The molecule has 1 rings (SSSR count). The molecule has 0 aliphatic heterocycles. The molecule has 1 amide bonds. The van der Waals surface area contributed by atoms with Gasteiger partial charge in [0.2, 0.25) is 0 Å². The van der Waals surface area contributed by atoms with Gasteiger partial charge in [0.25, 0.3) is 5.91 Å². The Morgan fingerprint density at radius 2 is 2.17 bits per heavy atom. The van der Waals surface area contributed by atoms with Gasteiger partial charge >= 0.3 is 0 Å². The van der Waals surface area contributed by atoms with Crippen molar-refractivity contribution >= 4 is 5.91 Å². The molecular formula is C13H12N2O3. The van der Waals surface area contributed by atoms with Gasteiger partial charge in [0.05, 0.1) is 25.3 Å². The molecular weight excluding hydrogens is 232 g/mol. The van der Waals surface area contributed by atoms with Crippen molar-refractivity contribution in [3.8, 4) is 29.9 Å². The number of methoxy groups -OCH3 is 1. The van der Waals surface area contributed by atoms with Crippen LogP contribution in [0.1, 0.15) is 5.56 Å². The average Bonchev–Trinajstić information content (AvgIpc) is 2.42. The van der Waals surface area contributed by atoms with Crippen molar-refractivity contribution in [2.45, 2.75) is 0 Å². The van der Waals surface area contributed by atoms with Gasteiger partial charge in [-0.15, -0.1) is 6.42 Å². The van der Waals surface area contributed by atoms with Crippen molar-refractivity contribution in [2.24, 2.45) is 0 Å². The zero-order chi connectivity index (χ0) is 13.4. The molecule has 1 N–H and O–H groups in total. The van der Waals surface area contributed by atoms with E-state index in [1.165, 1.54) is 13.2 Å². The van der Waals surface area contributed by atoms with Gasteiger partial charge in [-0.25, -0.2) is 0 Å². The molecule has 92 valence electrons. The summed E-state index contributed by atoms with van der Waals surface area (Å²) in [6.07, 6.45) is 5.00. The number of terminal acetylenes is 1. The second-order valence-corrected chi connectivity index (χ2v) is 3.28. The highest BCUT2D eigenvalue weighted by Gasteiger charge is 2.05. The molecule has 5 heteroatoms.